The third-order valence-corrected chi connectivity index (χ3v) is 8.91. The van der Waals surface area contributed by atoms with Gasteiger partial charge < -0.3 is 8.98 Å². The summed E-state index contributed by atoms with van der Waals surface area (Å²) in [7, 11) is 0. The average molecular weight is 490 g/mol. The molecule has 0 aliphatic rings. The molecule has 0 fully saturated rings. The average Bonchev–Trinajstić information content (AvgIpc) is 3.60. The summed E-state index contributed by atoms with van der Waals surface area (Å²) in [6, 6.07) is 41.6. The van der Waals surface area contributed by atoms with Crippen LogP contribution in [-0.4, -0.2) is 4.57 Å². The minimum atomic E-state index is 0.919. The van der Waals surface area contributed by atoms with Crippen LogP contribution >= 0.6 is 11.3 Å². The molecule has 0 aliphatic heterocycles. The van der Waals surface area contributed by atoms with Crippen LogP contribution in [0.3, 0.4) is 0 Å². The van der Waals surface area contributed by atoms with Crippen LogP contribution in [0.25, 0.3) is 80.4 Å². The van der Waals surface area contributed by atoms with Gasteiger partial charge in [0.05, 0.1) is 11.0 Å². The number of rotatable bonds is 1. The van der Waals surface area contributed by atoms with Gasteiger partial charge in [-0.05, 0) is 59.3 Å². The van der Waals surface area contributed by atoms with E-state index in [1.54, 1.807) is 0 Å². The molecular weight excluding hydrogens is 470 g/mol. The van der Waals surface area contributed by atoms with Crippen LogP contribution in [0.4, 0.5) is 0 Å². The molecule has 2 nitrogen and oxygen atoms in total. The second-order valence-electron chi connectivity index (χ2n) is 9.76. The molecule has 37 heavy (non-hydrogen) atoms. The van der Waals surface area contributed by atoms with E-state index in [-0.39, 0.29) is 0 Å². The minimum absolute atomic E-state index is 0.919. The standard InChI is InChI=1S/C34H19NOS/c1-2-8-22-20(7-1)13-15-31-34(22)27-17-21(14-16-30(27)36-31)35-28-11-5-3-9-23(28)25-19-33-26(18-29(25)35)24-10-4-6-12-32(24)37-33/h1-19H. The fourth-order valence-corrected chi connectivity index (χ4v) is 7.27. The third-order valence-electron chi connectivity index (χ3n) is 7.77. The molecule has 0 spiro atoms. The predicted molar refractivity (Wildman–Crippen MR) is 158 cm³/mol. The Bertz CT molecular complexity index is 2370. The smallest absolute Gasteiger partial charge is 0.136 e. The van der Waals surface area contributed by atoms with E-state index in [2.05, 4.69) is 120 Å². The van der Waals surface area contributed by atoms with Crippen molar-refractivity contribution in [2.24, 2.45) is 0 Å². The summed E-state index contributed by atoms with van der Waals surface area (Å²) in [5.41, 5.74) is 5.44. The van der Waals surface area contributed by atoms with Gasteiger partial charge in [0, 0.05) is 47.4 Å². The number of para-hydroxylation sites is 1. The maximum Gasteiger partial charge on any atom is 0.136 e. The molecule has 0 N–H and O–H groups in total. The number of furan rings is 1. The number of nitrogens with zero attached hydrogens (tertiary/aromatic N) is 1. The van der Waals surface area contributed by atoms with Crippen molar-refractivity contribution in [2.45, 2.75) is 0 Å². The third kappa shape index (κ3) is 2.59. The molecule has 0 radical (unpaired) electrons. The first kappa shape index (κ1) is 19.6. The maximum absolute atomic E-state index is 6.30. The van der Waals surface area contributed by atoms with Gasteiger partial charge in [-0.1, -0.05) is 66.7 Å². The highest BCUT2D eigenvalue weighted by molar-refractivity contribution is 7.25. The van der Waals surface area contributed by atoms with Crippen molar-refractivity contribution in [3.05, 3.63) is 115 Å². The predicted octanol–water partition coefficient (Wildman–Crippen LogP) is 10.2. The monoisotopic (exact) mass is 489 g/mol. The van der Waals surface area contributed by atoms with Crippen LogP contribution in [0.2, 0.25) is 0 Å². The SMILES string of the molecule is c1ccc2c(c1)ccc1oc3ccc(-n4c5ccccc5c5cc6sc7ccccc7c6cc54)cc3c12. The van der Waals surface area contributed by atoms with E-state index in [9.17, 15) is 0 Å². The van der Waals surface area contributed by atoms with Crippen LogP contribution < -0.4 is 0 Å². The Labute approximate surface area is 215 Å². The van der Waals surface area contributed by atoms with Crippen molar-refractivity contribution in [3.63, 3.8) is 0 Å². The van der Waals surface area contributed by atoms with Gasteiger partial charge in [0.2, 0.25) is 0 Å². The van der Waals surface area contributed by atoms with E-state index in [0.29, 0.717) is 0 Å². The summed E-state index contributed by atoms with van der Waals surface area (Å²) in [5.74, 6) is 0. The number of benzene rings is 6. The molecule has 0 amide bonds. The van der Waals surface area contributed by atoms with Crippen LogP contribution in [-0.2, 0) is 0 Å². The van der Waals surface area contributed by atoms with Gasteiger partial charge in [0.15, 0.2) is 0 Å². The highest BCUT2D eigenvalue weighted by Gasteiger charge is 2.17. The first-order valence-corrected chi connectivity index (χ1v) is 13.3. The van der Waals surface area contributed by atoms with Gasteiger partial charge in [0.1, 0.15) is 11.2 Å². The van der Waals surface area contributed by atoms with E-state index < -0.39 is 0 Å². The zero-order chi connectivity index (χ0) is 24.1. The lowest BCUT2D eigenvalue weighted by atomic mass is 10.0. The Morgan fingerprint density at radius 1 is 0.486 bits per heavy atom. The zero-order valence-corrected chi connectivity index (χ0v) is 20.5. The Morgan fingerprint density at radius 2 is 1.27 bits per heavy atom. The fourth-order valence-electron chi connectivity index (χ4n) is 6.14. The van der Waals surface area contributed by atoms with E-state index in [1.807, 2.05) is 11.3 Å². The largest absolute Gasteiger partial charge is 0.456 e. The van der Waals surface area contributed by atoms with Crippen LogP contribution in [0.1, 0.15) is 0 Å². The molecule has 9 rings (SSSR count). The van der Waals surface area contributed by atoms with Crippen LogP contribution in [0.15, 0.2) is 120 Å². The van der Waals surface area contributed by atoms with Gasteiger partial charge in [-0.3, -0.25) is 0 Å². The number of thiophene rings is 1. The summed E-state index contributed by atoms with van der Waals surface area (Å²) in [6.07, 6.45) is 0. The maximum atomic E-state index is 6.30. The van der Waals surface area contributed by atoms with Crippen molar-refractivity contribution in [3.8, 4) is 5.69 Å². The summed E-state index contributed by atoms with van der Waals surface area (Å²) in [6.45, 7) is 0. The van der Waals surface area contributed by atoms with Crippen molar-refractivity contribution < 1.29 is 4.42 Å². The van der Waals surface area contributed by atoms with Crippen molar-refractivity contribution in [1.29, 1.82) is 0 Å². The minimum Gasteiger partial charge on any atom is -0.456 e. The Kier molecular flexibility index (Phi) is 3.70. The zero-order valence-electron chi connectivity index (χ0n) is 19.7. The first-order valence-electron chi connectivity index (χ1n) is 12.5. The van der Waals surface area contributed by atoms with Gasteiger partial charge in [-0.15, -0.1) is 11.3 Å². The number of aromatic nitrogens is 1. The molecule has 0 unspecified atom stereocenters. The van der Waals surface area contributed by atoms with Gasteiger partial charge >= 0.3 is 0 Å². The summed E-state index contributed by atoms with van der Waals surface area (Å²) >= 11 is 1.87. The van der Waals surface area contributed by atoms with Crippen molar-refractivity contribution in [1.82, 2.24) is 4.57 Å². The Balaban J connectivity index is 1.43. The second-order valence-corrected chi connectivity index (χ2v) is 10.8. The molecule has 0 saturated heterocycles. The number of hydrogen-bond donors (Lipinski definition) is 0. The van der Waals surface area contributed by atoms with Crippen LogP contribution in [0.5, 0.6) is 0 Å². The van der Waals surface area contributed by atoms with E-state index in [1.165, 1.54) is 58.1 Å². The van der Waals surface area contributed by atoms with Crippen LogP contribution in [0, 0.1) is 0 Å². The molecule has 3 aromatic heterocycles. The molecule has 0 atom stereocenters. The molecular formula is C34H19NOS. The number of fused-ring (bicyclic) bond motifs is 11. The molecule has 172 valence electrons. The van der Waals surface area contributed by atoms with Crippen molar-refractivity contribution >= 4 is 86.0 Å². The summed E-state index contributed by atoms with van der Waals surface area (Å²) in [5, 5.41) is 9.99. The fraction of sp³-hybridized carbons (Fsp3) is 0. The molecule has 0 aliphatic carbocycles. The quantitative estimate of drug-likeness (QED) is 0.224. The van der Waals surface area contributed by atoms with E-state index in [0.717, 1.165) is 22.2 Å². The van der Waals surface area contributed by atoms with E-state index >= 15 is 0 Å². The molecule has 9 aromatic rings. The van der Waals surface area contributed by atoms with Gasteiger partial charge in [-0.2, -0.15) is 0 Å². The normalized spacial score (nSPS) is 12.3. The molecule has 3 heterocycles. The topological polar surface area (TPSA) is 18.1 Å². The van der Waals surface area contributed by atoms with Gasteiger partial charge in [0.25, 0.3) is 0 Å². The second kappa shape index (κ2) is 7.00. The summed E-state index contributed by atoms with van der Waals surface area (Å²) in [4.78, 5) is 0. The Hall–Kier alpha value is -4.60. The Morgan fingerprint density at radius 3 is 2.22 bits per heavy atom. The highest BCUT2D eigenvalue weighted by atomic mass is 32.1. The first-order chi connectivity index (χ1) is 18.3. The molecule has 0 bridgehead atoms. The lowest BCUT2D eigenvalue weighted by Gasteiger charge is -2.08. The summed E-state index contributed by atoms with van der Waals surface area (Å²) < 4.78 is 11.4. The van der Waals surface area contributed by atoms with Crippen molar-refractivity contribution in [2.75, 3.05) is 0 Å². The molecule has 3 heteroatoms. The number of hydrogen-bond acceptors (Lipinski definition) is 2. The molecule has 0 saturated carbocycles. The molecule has 6 aromatic carbocycles. The highest BCUT2D eigenvalue weighted by Crippen LogP contribution is 2.41. The lowest BCUT2D eigenvalue weighted by molar-refractivity contribution is 0.669. The lowest BCUT2D eigenvalue weighted by Crippen LogP contribution is -1.93. The van der Waals surface area contributed by atoms with E-state index in [4.69, 9.17) is 4.42 Å². The van der Waals surface area contributed by atoms with Gasteiger partial charge in [-0.25, -0.2) is 0 Å².